The number of ether oxygens (including phenoxy) is 1. The van der Waals surface area contributed by atoms with Gasteiger partial charge in [-0.05, 0) is 41.5 Å². The Kier molecular flexibility index (Phi) is 7.80. The Morgan fingerprint density at radius 1 is 1.17 bits per heavy atom. The number of nitrogens with one attached hydrogen (secondary N) is 1. The van der Waals surface area contributed by atoms with E-state index in [4.69, 9.17) is 4.74 Å². The van der Waals surface area contributed by atoms with Gasteiger partial charge in [-0.25, -0.2) is 0 Å². The van der Waals surface area contributed by atoms with E-state index in [-0.39, 0.29) is 5.91 Å². The van der Waals surface area contributed by atoms with Crippen molar-refractivity contribution < 1.29 is 9.53 Å². The molecule has 0 saturated carbocycles. The Hall–Kier alpha value is -0.780. The smallest absolute Gasteiger partial charge is 0.251 e. The van der Waals surface area contributed by atoms with Crippen molar-refractivity contribution in [3.8, 4) is 5.75 Å². The van der Waals surface area contributed by atoms with E-state index in [1.54, 1.807) is 31.4 Å². The van der Waals surface area contributed by atoms with Gasteiger partial charge in [-0.15, -0.1) is 0 Å². The van der Waals surface area contributed by atoms with E-state index in [0.717, 1.165) is 18.7 Å². The van der Waals surface area contributed by atoms with Crippen LogP contribution in [0, 0.1) is 0 Å². The van der Waals surface area contributed by atoms with Crippen LogP contribution in [0.15, 0.2) is 24.3 Å². The lowest BCUT2D eigenvalue weighted by Crippen LogP contribution is -2.24. The van der Waals surface area contributed by atoms with Gasteiger partial charge in [0.1, 0.15) is 5.75 Å². The standard InChI is InChI=1S/C14H20INO2/c1-18-13-8-6-12(7-9-13)14(17)16-11-5-3-2-4-10-15/h6-9H,2-5,10-11H2,1H3,(H,16,17). The molecule has 0 radical (unpaired) electrons. The Morgan fingerprint density at radius 3 is 2.44 bits per heavy atom. The summed E-state index contributed by atoms with van der Waals surface area (Å²) in [6.45, 7) is 0.756. The Balaban J connectivity index is 2.23. The molecule has 1 amide bonds. The first-order valence-corrected chi connectivity index (χ1v) is 7.78. The second-order valence-corrected chi connectivity index (χ2v) is 5.17. The minimum absolute atomic E-state index is 0.00783. The number of rotatable bonds is 8. The minimum atomic E-state index is -0.00783. The highest BCUT2D eigenvalue weighted by Gasteiger charge is 2.04. The maximum absolute atomic E-state index is 11.8. The monoisotopic (exact) mass is 361 g/mol. The predicted octanol–water partition coefficient (Wildman–Crippen LogP) is 3.42. The summed E-state index contributed by atoms with van der Waals surface area (Å²) in [5, 5.41) is 2.93. The molecule has 100 valence electrons. The zero-order valence-electron chi connectivity index (χ0n) is 10.7. The molecule has 1 aromatic carbocycles. The van der Waals surface area contributed by atoms with Crippen LogP contribution in [-0.4, -0.2) is 24.0 Å². The molecule has 0 spiro atoms. The van der Waals surface area contributed by atoms with Crippen LogP contribution in [0.2, 0.25) is 0 Å². The molecule has 1 aromatic rings. The van der Waals surface area contributed by atoms with Crippen molar-refractivity contribution in [3.63, 3.8) is 0 Å². The van der Waals surface area contributed by atoms with E-state index in [2.05, 4.69) is 27.9 Å². The summed E-state index contributed by atoms with van der Waals surface area (Å²) >= 11 is 2.39. The molecule has 0 aliphatic heterocycles. The average Bonchev–Trinajstić information content (AvgIpc) is 2.42. The minimum Gasteiger partial charge on any atom is -0.497 e. The first-order valence-electron chi connectivity index (χ1n) is 6.26. The summed E-state index contributed by atoms with van der Waals surface area (Å²) in [5.74, 6) is 0.761. The Labute approximate surface area is 122 Å². The van der Waals surface area contributed by atoms with Gasteiger partial charge in [-0.3, -0.25) is 4.79 Å². The third-order valence-corrected chi connectivity index (χ3v) is 3.46. The summed E-state index contributed by atoms with van der Waals surface area (Å²) in [6, 6.07) is 7.17. The quantitative estimate of drug-likeness (QED) is 0.438. The van der Waals surface area contributed by atoms with Gasteiger partial charge in [0.25, 0.3) is 5.91 Å². The number of unbranched alkanes of at least 4 members (excludes halogenated alkanes) is 3. The van der Waals surface area contributed by atoms with Gasteiger partial charge in [-0.1, -0.05) is 35.4 Å². The lowest BCUT2D eigenvalue weighted by molar-refractivity contribution is 0.0953. The van der Waals surface area contributed by atoms with Gasteiger partial charge in [0.05, 0.1) is 7.11 Å². The molecular weight excluding hydrogens is 341 g/mol. The van der Waals surface area contributed by atoms with Crippen molar-refractivity contribution in [2.75, 3.05) is 18.1 Å². The van der Waals surface area contributed by atoms with E-state index >= 15 is 0 Å². The van der Waals surface area contributed by atoms with Crippen LogP contribution in [0.4, 0.5) is 0 Å². The zero-order valence-corrected chi connectivity index (χ0v) is 12.9. The molecule has 0 aliphatic carbocycles. The molecule has 0 aromatic heterocycles. The molecule has 0 atom stereocenters. The molecule has 0 bridgehead atoms. The highest BCUT2D eigenvalue weighted by atomic mass is 127. The van der Waals surface area contributed by atoms with Crippen molar-refractivity contribution in [1.29, 1.82) is 0 Å². The largest absolute Gasteiger partial charge is 0.497 e. The van der Waals surface area contributed by atoms with Gasteiger partial charge in [-0.2, -0.15) is 0 Å². The number of hydrogen-bond donors (Lipinski definition) is 1. The maximum Gasteiger partial charge on any atom is 0.251 e. The van der Waals surface area contributed by atoms with E-state index in [9.17, 15) is 4.79 Å². The molecule has 4 heteroatoms. The third kappa shape index (κ3) is 5.71. The second kappa shape index (κ2) is 9.19. The maximum atomic E-state index is 11.8. The highest BCUT2D eigenvalue weighted by Crippen LogP contribution is 2.11. The first kappa shape index (κ1) is 15.3. The van der Waals surface area contributed by atoms with Gasteiger partial charge in [0, 0.05) is 12.1 Å². The summed E-state index contributed by atoms with van der Waals surface area (Å²) in [5.41, 5.74) is 0.683. The Morgan fingerprint density at radius 2 is 1.83 bits per heavy atom. The van der Waals surface area contributed by atoms with Crippen molar-refractivity contribution in [1.82, 2.24) is 5.32 Å². The Bertz CT molecular complexity index is 351. The number of halogens is 1. The fourth-order valence-electron chi connectivity index (χ4n) is 1.62. The number of amides is 1. The molecule has 0 unspecified atom stereocenters. The van der Waals surface area contributed by atoms with Crippen LogP contribution >= 0.6 is 22.6 Å². The molecule has 18 heavy (non-hydrogen) atoms. The topological polar surface area (TPSA) is 38.3 Å². The van der Waals surface area contributed by atoms with Crippen LogP contribution in [0.1, 0.15) is 36.0 Å². The van der Waals surface area contributed by atoms with Crippen LogP contribution in [0.5, 0.6) is 5.75 Å². The molecular formula is C14H20INO2. The van der Waals surface area contributed by atoms with Crippen LogP contribution < -0.4 is 10.1 Å². The number of methoxy groups -OCH3 is 1. The molecule has 0 heterocycles. The number of hydrogen-bond acceptors (Lipinski definition) is 2. The van der Waals surface area contributed by atoms with Crippen LogP contribution in [-0.2, 0) is 0 Å². The molecule has 0 aliphatic rings. The fraction of sp³-hybridized carbons (Fsp3) is 0.500. The van der Waals surface area contributed by atoms with Crippen molar-refractivity contribution >= 4 is 28.5 Å². The second-order valence-electron chi connectivity index (χ2n) is 4.09. The molecule has 0 saturated heterocycles. The highest BCUT2D eigenvalue weighted by molar-refractivity contribution is 14.1. The normalized spacial score (nSPS) is 10.1. The number of carbonyl (C=O) groups excluding carboxylic acids is 1. The molecule has 1 rings (SSSR count). The van der Waals surface area contributed by atoms with E-state index in [0.29, 0.717) is 5.56 Å². The summed E-state index contributed by atoms with van der Waals surface area (Å²) < 4.78 is 6.27. The summed E-state index contributed by atoms with van der Waals surface area (Å²) in [7, 11) is 1.62. The van der Waals surface area contributed by atoms with Gasteiger partial charge in [0.15, 0.2) is 0 Å². The van der Waals surface area contributed by atoms with Crippen LogP contribution in [0.3, 0.4) is 0 Å². The van der Waals surface area contributed by atoms with Gasteiger partial charge in [0.2, 0.25) is 0 Å². The summed E-state index contributed by atoms with van der Waals surface area (Å²) in [4.78, 5) is 11.8. The number of carbonyl (C=O) groups is 1. The lowest BCUT2D eigenvalue weighted by atomic mass is 10.2. The van der Waals surface area contributed by atoms with E-state index in [1.807, 2.05) is 0 Å². The van der Waals surface area contributed by atoms with Gasteiger partial charge >= 0.3 is 0 Å². The van der Waals surface area contributed by atoms with Crippen molar-refractivity contribution in [2.24, 2.45) is 0 Å². The van der Waals surface area contributed by atoms with Crippen molar-refractivity contribution in [3.05, 3.63) is 29.8 Å². The van der Waals surface area contributed by atoms with E-state index < -0.39 is 0 Å². The lowest BCUT2D eigenvalue weighted by Gasteiger charge is -2.06. The molecule has 1 N–H and O–H groups in total. The fourth-order valence-corrected chi connectivity index (χ4v) is 2.16. The third-order valence-electron chi connectivity index (χ3n) is 2.70. The molecule has 3 nitrogen and oxygen atoms in total. The number of alkyl halides is 1. The van der Waals surface area contributed by atoms with Crippen LogP contribution in [0.25, 0.3) is 0 Å². The van der Waals surface area contributed by atoms with Crippen molar-refractivity contribution in [2.45, 2.75) is 25.7 Å². The number of benzene rings is 1. The first-order chi connectivity index (χ1) is 8.77. The SMILES string of the molecule is COc1ccc(C(=O)NCCCCCCI)cc1. The van der Waals surface area contributed by atoms with E-state index in [1.165, 1.54) is 23.7 Å². The molecule has 0 fully saturated rings. The zero-order chi connectivity index (χ0) is 13.2. The predicted molar refractivity (Wildman–Crippen MR) is 82.7 cm³/mol. The summed E-state index contributed by atoms with van der Waals surface area (Å²) in [6.07, 6.45) is 4.76. The van der Waals surface area contributed by atoms with Gasteiger partial charge < -0.3 is 10.1 Å². The average molecular weight is 361 g/mol.